The lowest BCUT2D eigenvalue weighted by Gasteiger charge is -2.18. The summed E-state index contributed by atoms with van der Waals surface area (Å²) in [6.07, 6.45) is 5.31. The number of nitrogens with one attached hydrogen (secondary N) is 3. The number of hydrogen-bond donors (Lipinski definition) is 4. The molecule has 4 aromatic rings. The highest BCUT2D eigenvalue weighted by atomic mass is 35.5. The van der Waals surface area contributed by atoms with Gasteiger partial charge >= 0.3 is 8.03 Å². The zero-order valence-electron chi connectivity index (χ0n) is 23.5. The summed E-state index contributed by atoms with van der Waals surface area (Å²) in [6.45, 7) is 1.96. The van der Waals surface area contributed by atoms with Crippen molar-refractivity contribution in [2.24, 2.45) is 5.73 Å². The number of amides is 1. The molecule has 0 saturated heterocycles. The fourth-order valence-corrected chi connectivity index (χ4v) is 4.83. The van der Waals surface area contributed by atoms with Gasteiger partial charge in [0, 0.05) is 18.7 Å². The van der Waals surface area contributed by atoms with Gasteiger partial charge in [0.15, 0.2) is 5.82 Å². The minimum absolute atomic E-state index is 0.123. The summed E-state index contributed by atoms with van der Waals surface area (Å²) < 4.78 is 17.2. The topological polar surface area (TPSA) is 154 Å². The van der Waals surface area contributed by atoms with Crippen LogP contribution in [0.5, 0.6) is 5.75 Å². The Labute approximate surface area is 250 Å². The molecule has 1 aliphatic carbocycles. The number of ether oxygens (including phenoxy) is 1. The van der Waals surface area contributed by atoms with Gasteiger partial charge in [0.2, 0.25) is 11.3 Å². The molecule has 1 amide bonds. The van der Waals surface area contributed by atoms with E-state index < -0.39 is 8.03 Å². The van der Waals surface area contributed by atoms with E-state index in [4.69, 9.17) is 22.1 Å². The molecule has 0 radical (unpaired) electrons. The molecular weight excluding hydrogens is 575 g/mol. The molecule has 5 N–H and O–H groups in total. The van der Waals surface area contributed by atoms with Crippen LogP contribution < -0.4 is 36.6 Å². The summed E-state index contributed by atoms with van der Waals surface area (Å²) >= 11 is 6.28. The normalized spacial score (nSPS) is 12.8. The number of carbonyl (C=O) groups excluding carboxylic acids is 1. The Kier molecular flexibility index (Phi) is 10.4. The second-order valence-corrected chi connectivity index (χ2v) is 11.0. The third-order valence-corrected chi connectivity index (χ3v) is 7.79. The maximum absolute atomic E-state index is 11.8. The Balaban J connectivity index is 0.000000732. The molecule has 0 bridgehead atoms. The number of nitrogens with zero attached hydrogens (tertiary/aromatic N) is 2. The van der Waals surface area contributed by atoms with Crippen LogP contribution in [0.25, 0.3) is 11.1 Å². The SMILES string of the molecule is CNC(=O)c1ccc(-c2cc(OC)c(Nc3ncc(Cl)c(Nc4ccccc4[P+](=O)[O-])n3)cc2C)cc1.NC1CCC1. The van der Waals surface area contributed by atoms with Gasteiger partial charge < -0.3 is 31.3 Å². The summed E-state index contributed by atoms with van der Waals surface area (Å²) in [5, 5.41) is 9.07. The second kappa shape index (κ2) is 14.2. The van der Waals surface area contributed by atoms with Gasteiger partial charge in [-0.2, -0.15) is 4.98 Å². The monoisotopic (exact) mass is 606 g/mol. The van der Waals surface area contributed by atoms with Gasteiger partial charge in [-0.3, -0.25) is 4.79 Å². The minimum atomic E-state index is -2.81. The van der Waals surface area contributed by atoms with Crippen LogP contribution in [0.2, 0.25) is 5.02 Å². The molecule has 1 aromatic heterocycles. The molecule has 0 spiro atoms. The lowest BCUT2D eigenvalue weighted by molar-refractivity contribution is -0.160. The molecule has 218 valence electrons. The third kappa shape index (κ3) is 7.60. The summed E-state index contributed by atoms with van der Waals surface area (Å²) in [5.74, 6) is 0.878. The summed E-state index contributed by atoms with van der Waals surface area (Å²) in [7, 11) is 0.343. The van der Waals surface area contributed by atoms with Crippen LogP contribution in [0.3, 0.4) is 0 Å². The molecule has 42 heavy (non-hydrogen) atoms. The second-order valence-electron chi connectivity index (χ2n) is 9.63. The van der Waals surface area contributed by atoms with Crippen molar-refractivity contribution in [3.8, 4) is 16.9 Å². The standard InChI is InChI=1S/C26H23ClN5O4P.C4H9N/c1-15-12-21(22(36-3)13-18(15)16-8-10-17(11-9-16)25(33)28-2)31-26-29-14-19(27)24(32-26)30-20-6-4-5-7-23(20)37(34)35;5-4-2-1-3-4/h4-14H,1-3H3,(H,28,33)(H2,29,30,31,32);4H,1-3,5H2. The average molecular weight is 607 g/mol. The summed E-state index contributed by atoms with van der Waals surface area (Å²) in [4.78, 5) is 32.1. The van der Waals surface area contributed by atoms with Crippen molar-refractivity contribution >= 4 is 54.0 Å². The van der Waals surface area contributed by atoms with Crippen LogP contribution >= 0.6 is 19.6 Å². The zero-order chi connectivity index (χ0) is 30.2. The number of hydrogen-bond acceptors (Lipinski definition) is 9. The Morgan fingerprint density at radius 3 is 2.38 bits per heavy atom. The van der Waals surface area contributed by atoms with Crippen LogP contribution in [0.4, 0.5) is 23.1 Å². The quantitative estimate of drug-likeness (QED) is 0.198. The fraction of sp³-hybridized carbons (Fsp3) is 0.233. The van der Waals surface area contributed by atoms with Gasteiger partial charge in [0.1, 0.15) is 10.8 Å². The first-order valence-corrected chi connectivity index (χ1v) is 14.8. The largest absolute Gasteiger partial charge is 0.591 e. The number of methoxy groups -OCH3 is 1. The highest BCUT2D eigenvalue weighted by Gasteiger charge is 2.17. The Bertz CT molecular complexity index is 1580. The molecule has 1 heterocycles. The van der Waals surface area contributed by atoms with E-state index >= 15 is 0 Å². The highest BCUT2D eigenvalue weighted by molar-refractivity contribution is 7.46. The molecule has 5 rings (SSSR count). The van der Waals surface area contributed by atoms with Gasteiger partial charge in [-0.25, -0.2) is 4.98 Å². The van der Waals surface area contributed by atoms with Crippen LogP contribution in [-0.2, 0) is 4.57 Å². The lowest BCUT2D eigenvalue weighted by atomic mass is 9.95. The van der Waals surface area contributed by atoms with Crippen molar-refractivity contribution in [3.05, 3.63) is 83.0 Å². The van der Waals surface area contributed by atoms with E-state index in [-0.39, 0.29) is 28.0 Å². The highest BCUT2D eigenvalue weighted by Crippen LogP contribution is 2.36. The van der Waals surface area contributed by atoms with Crippen molar-refractivity contribution in [3.63, 3.8) is 0 Å². The van der Waals surface area contributed by atoms with Gasteiger partial charge in [0.25, 0.3) is 5.91 Å². The van der Waals surface area contributed by atoms with Gasteiger partial charge in [-0.15, -0.1) is 0 Å². The summed E-state index contributed by atoms with van der Waals surface area (Å²) in [6, 6.07) is 18.1. The molecule has 10 nitrogen and oxygen atoms in total. The van der Waals surface area contributed by atoms with E-state index in [1.54, 1.807) is 44.5 Å². The van der Waals surface area contributed by atoms with Crippen molar-refractivity contribution < 1.29 is 19.0 Å². The predicted octanol–water partition coefficient (Wildman–Crippen LogP) is 5.19. The fourth-order valence-electron chi connectivity index (χ4n) is 4.15. The average Bonchev–Trinajstić information content (AvgIpc) is 2.98. The number of halogens is 1. The smallest absolute Gasteiger partial charge is 0.350 e. The summed E-state index contributed by atoms with van der Waals surface area (Å²) in [5.41, 5.74) is 9.75. The lowest BCUT2D eigenvalue weighted by Crippen LogP contribution is -2.27. The van der Waals surface area contributed by atoms with E-state index in [1.807, 2.05) is 31.2 Å². The van der Waals surface area contributed by atoms with Gasteiger partial charge in [-0.1, -0.05) is 46.9 Å². The first-order chi connectivity index (χ1) is 20.2. The molecule has 12 heteroatoms. The zero-order valence-corrected chi connectivity index (χ0v) is 25.1. The van der Waals surface area contributed by atoms with E-state index in [2.05, 4.69) is 25.9 Å². The molecule has 1 aliphatic rings. The number of rotatable bonds is 8. The number of para-hydroxylation sites is 1. The first-order valence-electron chi connectivity index (χ1n) is 13.3. The number of aromatic nitrogens is 2. The van der Waals surface area contributed by atoms with Crippen molar-refractivity contribution in [2.75, 3.05) is 24.8 Å². The van der Waals surface area contributed by atoms with Crippen molar-refractivity contribution in [2.45, 2.75) is 32.2 Å². The minimum Gasteiger partial charge on any atom is -0.591 e. The van der Waals surface area contributed by atoms with Gasteiger partial charge in [0.05, 0.1) is 24.7 Å². The Morgan fingerprint density at radius 1 is 1.10 bits per heavy atom. The third-order valence-electron chi connectivity index (χ3n) is 6.73. The number of benzene rings is 3. The van der Waals surface area contributed by atoms with Crippen LogP contribution in [0.1, 0.15) is 35.2 Å². The van der Waals surface area contributed by atoms with Crippen molar-refractivity contribution in [1.29, 1.82) is 0 Å². The Morgan fingerprint density at radius 2 is 1.79 bits per heavy atom. The number of aryl methyl sites for hydroxylation is 1. The van der Waals surface area contributed by atoms with E-state index in [0.29, 0.717) is 28.7 Å². The van der Waals surface area contributed by atoms with E-state index in [1.165, 1.54) is 31.5 Å². The molecule has 1 fully saturated rings. The van der Waals surface area contributed by atoms with E-state index in [0.717, 1.165) is 16.7 Å². The number of nitrogens with two attached hydrogens (primary N) is 1. The first kappa shape index (κ1) is 30.9. The van der Waals surface area contributed by atoms with Gasteiger partial charge in [-0.05, 0) is 72.9 Å². The molecule has 1 unspecified atom stereocenters. The molecular formula is C30H32ClN6O4P. The maximum atomic E-state index is 11.8. The molecule has 3 aromatic carbocycles. The van der Waals surface area contributed by atoms with Crippen molar-refractivity contribution in [1.82, 2.24) is 15.3 Å². The number of anilines is 4. The van der Waals surface area contributed by atoms with Crippen LogP contribution in [-0.4, -0.2) is 36.1 Å². The maximum Gasteiger partial charge on any atom is 0.350 e. The van der Waals surface area contributed by atoms with Crippen LogP contribution in [0.15, 0.2) is 66.9 Å². The molecule has 1 atom stereocenters. The molecule has 1 saturated carbocycles. The van der Waals surface area contributed by atoms with Crippen LogP contribution in [0, 0.1) is 6.92 Å². The Hall–Kier alpha value is -4.08. The number of carbonyl (C=O) groups is 1. The molecule has 0 aliphatic heterocycles. The predicted molar refractivity (Wildman–Crippen MR) is 166 cm³/mol. The van der Waals surface area contributed by atoms with E-state index in [9.17, 15) is 14.3 Å².